The highest BCUT2D eigenvalue weighted by molar-refractivity contribution is 8.00. The summed E-state index contributed by atoms with van der Waals surface area (Å²) in [4.78, 5) is 6.32. The number of rotatable bonds is 5. The second kappa shape index (κ2) is 6.50. The molecule has 0 N–H and O–H groups in total. The van der Waals surface area contributed by atoms with Crippen LogP contribution in [0, 0.1) is 5.92 Å². The molecule has 0 unspecified atom stereocenters. The lowest BCUT2D eigenvalue weighted by atomic mass is 9.96. The van der Waals surface area contributed by atoms with Crippen LogP contribution < -0.4 is 0 Å². The maximum absolute atomic E-state index is 6.32. The molecule has 0 saturated carbocycles. The Hall–Kier alpha value is -0.510. The molecule has 0 amide bonds. The molecule has 0 spiro atoms. The van der Waals surface area contributed by atoms with Gasteiger partial charge in [-0.25, -0.2) is 0 Å². The summed E-state index contributed by atoms with van der Waals surface area (Å²) < 4.78 is 0. The van der Waals surface area contributed by atoms with Crippen LogP contribution in [0.2, 0.25) is 0 Å². The van der Waals surface area contributed by atoms with Crippen molar-refractivity contribution < 1.29 is 4.84 Å². The first kappa shape index (κ1) is 14.4. The third-order valence-electron chi connectivity index (χ3n) is 4.46. The average Bonchev–Trinajstić information content (AvgIpc) is 3.00. The molecule has 2 aliphatic rings. The van der Waals surface area contributed by atoms with Crippen LogP contribution in [0.3, 0.4) is 0 Å². The van der Waals surface area contributed by atoms with Crippen molar-refractivity contribution in [3.63, 3.8) is 0 Å². The molecule has 2 fully saturated rings. The molecule has 2 saturated heterocycles. The Morgan fingerprint density at radius 3 is 2.85 bits per heavy atom. The van der Waals surface area contributed by atoms with Gasteiger partial charge in [0.1, 0.15) is 0 Å². The molecule has 20 heavy (non-hydrogen) atoms. The number of nitrogens with zero attached hydrogens (tertiary/aromatic N) is 1. The normalized spacial score (nSPS) is 33.5. The molecule has 2 nitrogen and oxygen atoms in total. The van der Waals surface area contributed by atoms with Crippen LogP contribution in [0.15, 0.2) is 30.3 Å². The van der Waals surface area contributed by atoms with Crippen molar-refractivity contribution in [3.05, 3.63) is 35.9 Å². The van der Waals surface area contributed by atoms with Gasteiger partial charge in [-0.15, -0.1) is 0 Å². The van der Waals surface area contributed by atoms with E-state index in [1.807, 2.05) is 0 Å². The Balaban J connectivity index is 1.70. The van der Waals surface area contributed by atoms with Crippen molar-refractivity contribution in [2.75, 3.05) is 5.75 Å². The first-order valence-electron chi connectivity index (χ1n) is 7.88. The van der Waals surface area contributed by atoms with Crippen molar-refractivity contribution >= 4 is 11.8 Å². The molecule has 4 atom stereocenters. The SMILES string of the molecule is CCCC[C@@H]1ON(Cc2ccccc2)[C@@H]2[C@H]1SC[C@H]2C. The van der Waals surface area contributed by atoms with E-state index in [0.29, 0.717) is 17.4 Å². The second-order valence-corrected chi connectivity index (χ2v) is 7.32. The second-order valence-electron chi connectivity index (χ2n) is 6.11. The fraction of sp³-hybridized carbons (Fsp3) is 0.647. The van der Waals surface area contributed by atoms with Gasteiger partial charge in [0.2, 0.25) is 0 Å². The molecule has 2 heterocycles. The predicted octanol–water partition coefficient (Wildman–Crippen LogP) is 4.11. The molecule has 1 aromatic carbocycles. The molecule has 3 rings (SSSR count). The minimum absolute atomic E-state index is 0.429. The van der Waals surface area contributed by atoms with Crippen LogP contribution in [-0.2, 0) is 11.4 Å². The van der Waals surface area contributed by atoms with Crippen molar-refractivity contribution in [3.8, 4) is 0 Å². The molecule has 1 aromatic rings. The first-order valence-corrected chi connectivity index (χ1v) is 8.93. The molecular weight excluding hydrogens is 266 g/mol. The first-order chi connectivity index (χ1) is 9.79. The zero-order valence-electron chi connectivity index (χ0n) is 12.5. The topological polar surface area (TPSA) is 12.5 Å². The predicted molar refractivity (Wildman–Crippen MR) is 85.6 cm³/mol. The highest BCUT2D eigenvalue weighted by atomic mass is 32.2. The number of benzene rings is 1. The Morgan fingerprint density at radius 2 is 2.10 bits per heavy atom. The van der Waals surface area contributed by atoms with E-state index in [9.17, 15) is 0 Å². The fourth-order valence-corrected chi connectivity index (χ4v) is 5.12. The monoisotopic (exact) mass is 291 g/mol. The zero-order valence-corrected chi connectivity index (χ0v) is 13.3. The molecule has 0 bridgehead atoms. The summed E-state index contributed by atoms with van der Waals surface area (Å²) in [6.45, 7) is 5.56. The summed E-state index contributed by atoms with van der Waals surface area (Å²) in [6.07, 6.45) is 4.18. The average molecular weight is 291 g/mol. The molecule has 2 aliphatic heterocycles. The van der Waals surface area contributed by atoms with Gasteiger partial charge in [0.15, 0.2) is 0 Å². The molecule has 0 aromatic heterocycles. The zero-order chi connectivity index (χ0) is 13.9. The maximum atomic E-state index is 6.32. The lowest BCUT2D eigenvalue weighted by Gasteiger charge is -2.24. The summed E-state index contributed by atoms with van der Waals surface area (Å²) in [6, 6.07) is 11.3. The number of hydrogen-bond acceptors (Lipinski definition) is 3. The van der Waals surface area contributed by atoms with E-state index in [-0.39, 0.29) is 0 Å². The number of hydrogen-bond donors (Lipinski definition) is 0. The van der Waals surface area contributed by atoms with E-state index in [2.05, 4.69) is 61.0 Å². The Kier molecular flexibility index (Phi) is 4.69. The quantitative estimate of drug-likeness (QED) is 0.810. The van der Waals surface area contributed by atoms with Crippen LogP contribution in [0.1, 0.15) is 38.7 Å². The number of hydroxylamine groups is 2. The van der Waals surface area contributed by atoms with E-state index in [0.717, 1.165) is 12.5 Å². The highest BCUT2D eigenvalue weighted by Crippen LogP contribution is 2.44. The van der Waals surface area contributed by atoms with E-state index in [4.69, 9.17) is 4.84 Å². The Bertz CT molecular complexity index is 424. The van der Waals surface area contributed by atoms with Gasteiger partial charge in [-0.05, 0) is 23.7 Å². The standard InChI is InChI=1S/C17H25NOS/c1-3-4-10-15-17-16(13(2)12-20-17)18(19-15)11-14-8-6-5-7-9-14/h5-9,13,15-17H,3-4,10-12H2,1-2H3/t13-,15+,16+,17+/m1/s1. The molecule has 0 aliphatic carbocycles. The summed E-state index contributed by atoms with van der Waals surface area (Å²) in [5.74, 6) is 2.02. The molecular formula is C17H25NOS. The maximum Gasteiger partial charge on any atom is 0.0927 e. The summed E-state index contributed by atoms with van der Waals surface area (Å²) in [5.41, 5.74) is 1.35. The van der Waals surface area contributed by atoms with Crippen molar-refractivity contribution in [1.29, 1.82) is 0 Å². The van der Waals surface area contributed by atoms with Gasteiger partial charge in [-0.2, -0.15) is 16.8 Å². The smallest absolute Gasteiger partial charge is 0.0927 e. The minimum Gasteiger partial charge on any atom is -0.294 e. The van der Waals surface area contributed by atoms with Crippen LogP contribution >= 0.6 is 11.8 Å². The van der Waals surface area contributed by atoms with Crippen LogP contribution in [-0.4, -0.2) is 28.2 Å². The van der Waals surface area contributed by atoms with E-state index in [1.54, 1.807) is 0 Å². The molecule has 3 heteroatoms. The lowest BCUT2D eigenvalue weighted by molar-refractivity contribution is -0.176. The summed E-state index contributed by atoms with van der Waals surface area (Å²) in [7, 11) is 0. The van der Waals surface area contributed by atoms with Gasteiger partial charge in [-0.1, -0.05) is 57.0 Å². The Morgan fingerprint density at radius 1 is 1.30 bits per heavy atom. The summed E-state index contributed by atoms with van der Waals surface area (Å²) in [5, 5.41) is 2.96. The highest BCUT2D eigenvalue weighted by Gasteiger charge is 2.49. The van der Waals surface area contributed by atoms with Crippen molar-refractivity contribution in [1.82, 2.24) is 5.06 Å². The van der Waals surface area contributed by atoms with Crippen molar-refractivity contribution in [2.45, 2.75) is 57.1 Å². The Labute approximate surface area is 126 Å². The number of unbranched alkanes of at least 4 members (excludes halogenated alkanes) is 1. The van der Waals surface area contributed by atoms with Gasteiger partial charge in [0, 0.05) is 6.54 Å². The molecule has 0 radical (unpaired) electrons. The van der Waals surface area contributed by atoms with Gasteiger partial charge in [0.25, 0.3) is 0 Å². The largest absolute Gasteiger partial charge is 0.294 e. The van der Waals surface area contributed by atoms with Crippen LogP contribution in [0.4, 0.5) is 0 Å². The van der Waals surface area contributed by atoms with Crippen LogP contribution in [0.25, 0.3) is 0 Å². The minimum atomic E-state index is 0.429. The molecule has 110 valence electrons. The lowest BCUT2D eigenvalue weighted by Crippen LogP contribution is -2.35. The number of thioether (sulfide) groups is 1. The van der Waals surface area contributed by atoms with Crippen molar-refractivity contribution in [2.24, 2.45) is 5.92 Å². The van der Waals surface area contributed by atoms with E-state index in [1.165, 1.54) is 30.6 Å². The van der Waals surface area contributed by atoms with Gasteiger partial charge in [-0.3, -0.25) is 4.84 Å². The van der Waals surface area contributed by atoms with E-state index < -0.39 is 0 Å². The van der Waals surface area contributed by atoms with Gasteiger partial charge < -0.3 is 0 Å². The summed E-state index contributed by atoms with van der Waals surface area (Å²) >= 11 is 2.13. The fourth-order valence-electron chi connectivity index (χ4n) is 3.39. The van der Waals surface area contributed by atoms with E-state index >= 15 is 0 Å². The van der Waals surface area contributed by atoms with Gasteiger partial charge >= 0.3 is 0 Å². The van der Waals surface area contributed by atoms with Gasteiger partial charge in [0.05, 0.1) is 17.4 Å². The third kappa shape index (κ3) is 2.90. The number of fused-ring (bicyclic) bond motifs is 1. The van der Waals surface area contributed by atoms with Crippen LogP contribution in [0.5, 0.6) is 0 Å². The third-order valence-corrected chi connectivity index (χ3v) is 6.15.